The van der Waals surface area contributed by atoms with Crippen LogP contribution in [0.15, 0.2) is 42.9 Å². The maximum Gasteiger partial charge on any atom is 0.326 e. The van der Waals surface area contributed by atoms with Crippen LogP contribution in [-0.2, 0) is 56.0 Å². The molecule has 2 aromatic rings. The Hall–Kier alpha value is -7.07. The van der Waals surface area contributed by atoms with Gasteiger partial charge in [-0.1, -0.05) is 30.3 Å². The van der Waals surface area contributed by atoms with Crippen molar-refractivity contribution in [1.82, 2.24) is 57.8 Å². The lowest BCUT2D eigenvalue weighted by Crippen LogP contribution is -2.59. The first-order valence-corrected chi connectivity index (χ1v) is 19.2. The number of imidazole rings is 1. The predicted octanol–water partition coefficient (Wildman–Crippen LogP) is -4.09. The van der Waals surface area contributed by atoms with Gasteiger partial charge >= 0.3 is 5.97 Å². The number of nitrogens with one attached hydrogen (secondary N) is 11. The number of carbonyl (C=O) groups is 9. The third kappa shape index (κ3) is 17.6. The molecule has 3 rings (SSSR count). The fraction of sp³-hybridized carbons (Fsp3) is 0.486. The van der Waals surface area contributed by atoms with Crippen LogP contribution in [0, 0.1) is 5.41 Å². The number of aliphatic carboxylic acids is 1. The number of rotatable bonds is 12. The molecule has 14 N–H and O–H groups in total. The monoisotopic (exact) mass is 839 g/mol. The highest BCUT2D eigenvalue weighted by molar-refractivity contribution is 5.96. The Balaban J connectivity index is 1.95. The third-order valence-corrected chi connectivity index (χ3v) is 8.98. The first kappa shape index (κ1) is 47.3. The minimum Gasteiger partial charge on any atom is -0.480 e. The van der Waals surface area contributed by atoms with E-state index in [-0.39, 0.29) is 64.0 Å². The quantitative estimate of drug-likeness (QED) is 0.0550. The number of nitrogens with zero attached hydrogens (tertiary/aromatic N) is 1. The van der Waals surface area contributed by atoms with Gasteiger partial charge in [0.15, 0.2) is 5.96 Å². The van der Waals surface area contributed by atoms with Gasteiger partial charge in [0.25, 0.3) is 0 Å². The number of hydrogen-bond acceptors (Lipinski definition) is 11. The van der Waals surface area contributed by atoms with Crippen molar-refractivity contribution in [2.75, 3.05) is 26.2 Å². The zero-order chi connectivity index (χ0) is 44.0. The van der Waals surface area contributed by atoms with Gasteiger partial charge in [0.1, 0.15) is 30.2 Å². The van der Waals surface area contributed by atoms with Crippen molar-refractivity contribution in [3.8, 4) is 0 Å². The molecule has 1 aromatic heterocycles. The van der Waals surface area contributed by atoms with E-state index in [2.05, 4.69) is 57.8 Å². The SMILES string of the molecule is CC(=O)N[C@@H](CCCNC(=N)N)C(=O)NC1CCCNC(=O)CCC(C(=O)O)NC(=O)CNC(=O)CNC(=O)C(Cc2ccccc2)NC(=O)[C@H](Cc2c[nH]cn2)NC1=O. The lowest BCUT2D eigenvalue weighted by atomic mass is 10.0. The average molecular weight is 840 g/mol. The summed E-state index contributed by atoms with van der Waals surface area (Å²) in [6, 6.07) is 2.03. The van der Waals surface area contributed by atoms with E-state index >= 15 is 0 Å². The first-order valence-electron chi connectivity index (χ1n) is 19.2. The zero-order valence-corrected chi connectivity index (χ0v) is 33.1. The summed E-state index contributed by atoms with van der Waals surface area (Å²) in [5, 5.41) is 39.6. The Kier molecular flexibility index (Phi) is 19.4. The topological polar surface area (TPSA) is 361 Å². The molecular weight excluding hydrogens is 786 g/mol. The molecule has 8 amide bonds. The van der Waals surface area contributed by atoms with E-state index in [1.807, 2.05) is 0 Å². The number of aromatic amines is 1. The van der Waals surface area contributed by atoms with E-state index in [1.54, 1.807) is 30.3 Å². The molecule has 1 aromatic carbocycles. The van der Waals surface area contributed by atoms with Gasteiger partial charge in [-0.2, -0.15) is 0 Å². The highest BCUT2D eigenvalue weighted by Gasteiger charge is 2.32. The molecule has 1 aliphatic heterocycles. The van der Waals surface area contributed by atoms with Crippen molar-refractivity contribution in [2.24, 2.45) is 5.73 Å². The summed E-state index contributed by atoms with van der Waals surface area (Å²) in [7, 11) is 0. The van der Waals surface area contributed by atoms with Crippen molar-refractivity contribution < 1.29 is 48.3 Å². The largest absolute Gasteiger partial charge is 0.480 e. The second-order valence-electron chi connectivity index (χ2n) is 13.9. The number of nitrogens with two attached hydrogens (primary N) is 1. The summed E-state index contributed by atoms with van der Waals surface area (Å²) in [5.41, 5.74) is 6.33. The summed E-state index contributed by atoms with van der Waals surface area (Å²) >= 11 is 0. The fourth-order valence-electron chi connectivity index (χ4n) is 5.94. The molecule has 0 bridgehead atoms. The van der Waals surface area contributed by atoms with Crippen molar-refractivity contribution >= 4 is 59.2 Å². The van der Waals surface area contributed by atoms with Crippen LogP contribution in [0.25, 0.3) is 0 Å². The Bertz CT molecular complexity index is 1830. The van der Waals surface area contributed by atoms with Gasteiger partial charge in [-0.3, -0.25) is 43.8 Å². The van der Waals surface area contributed by atoms with Gasteiger partial charge < -0.3 is 63.7 Å². The minimum atomic E-state index is -1.48. The Morgan fingerprint density at radius 3 is 2.25 bits per heavy atom. The van der Waals surface area contributed by atoms with Crippen LogP contribution < -0.4 is 53.6 Å². The van der Waals surface area contributed by atoms with Crippen LogP contribution in [-0.4, -0.2) is 131 Å². The molecular formula is C37H53N13O10. The van der Waals surface area contributed by atoms with E-state index in [0.29, 0.717) is 17.7 Å². The van der Waals surface area contributed by atoms with Gasteiger partial charge in [-0.15, -0.1) is 0 Å². The number of carboxylic acid groups (broad SMARTS) is 1. The predicted molar refractivity (Wildman–Crippen MR) is 212 cm³/mol. The molecule has 5 atom stereocenters. The number of hydrogen-bond donors (Lipinski definition) is 13. The second-order valence-corrected chi connectivity index (χ2v) is 13.9. The summed E-state index contributed by atoms with van der Waals surface area (Å²) < 4.78 is 0. The number of aromatic nitrogens is 2. The average Bonchev–Trinajstić information content (AvgIpc) is 3.72. The third-order valence-electron chi connectivity index (χ3n) is 8.98. The molecule has 1 aliphatic rings. The maximum atomic E-state index is 14.1. The highest BCUT2D eigenvalue weighted by Crippen LogP contribution is 2.09. The first-order chi connectivity index (χ1) is 28.6. The van der Waals surface area contributed by atoms with E-state index in [1.165, 1.54) is 19.4 Å². The molecule has 1 saturated heterocycles. The second kappa shape index (κ2) is 24.6. The standard InChI is InChI=1S/C37H53N13O10/c1-21(51)46-24(9-6-14-42-37(38)39)33(56)48-25-10-5-13-41-29(52)12-11-26(36(59)60)47-31(54)19-43-30(53)18-44-32(55)27(15-22-7-3-2-4-8-22)49-35(58)28(50-34(25)57)16-23-17-40-20-45-23/h2-4,7-8,17,20,24-28H,5-6,9-16,18-19H2,1H3,(H,40,45)(H,41,52)(H,43,53)(H,44,55)(H,46,51)(H,47,54)(H,48,56)(H,49,58)(H,50,57)(H,59,60)(H4,38,39,42)/t24-,25?,26?,27?,28-/m0/s1. The smallest absolute Gasteiger partial charge is 0.326 e. The minimum absolute atomic E-state index is 0.0338. The van der Waals surface area contributed by atoms with Crippen LogP contribution in [0.2, 0.25) is 0 Å². The molecule has 0 radical (unpaired) electrons. The number of amides is 8. The molecule has 2 heterocycles. The van der Waals surface area contributed by atoms with Crippen LogP contribution in [0.3, 0.4) is 0 Å². The molecule has 0 saturated carbocycles. The van der Waals surface area contributed by atoms with Crippen LogP contribution in [0.1, 0.15) is 56.7 Å². The Morgan fingerprint density at radius 2 is 1.58 bits per heavy atom. The molecule has 23 nitrogen and oxygen atoms in total. The molecule has 60 heavy (non-hydrogen) atoms. The molecule has 0 aliphatic carbocycles. The zero-order valence-electron chi connectivity index (χ0n) is 33.1. The summed E-state index contributed by atoms with van der Waals surface area (Å²) in [6.07, 6.45) is 2.40. The van der Waals surface area contributed by atoms with E-state index in [0.717, 1.165) is 0 Å². The number of guanidine groups is 1. The lowest BCUT2D eigenvalue weighted by molar-refractivity contribution is -0.142. The lowest BCUT2D eigenvalue weighted by Gasteiger charge is -2.26. The van der Waals surface area contributed by atoms with Crippen LogP contribution in [0.4, 0.5) is 0 Å². The molecule has 1 fully saturated rings. The fourth-order valence-corrected chi connectivity index (χ4v) is 5.94. The molecule has 3 unspecified atom stereocenters. The van der Waals surface area contributed by atoms with Gasteiger partial charge in [-0.25, -0.2) is 9.78 Å². The molecule has 326 valence electrons. The maximum absolute atomic E-state index is 14.1. The Labute approximate surface area is 344 Å². The summed E-state index contributed by atoms with van der Waals surface area (Å²) in [6.45, 7) is 0.122. The number of carboxylic acids is 1. The van der Waals surface area contributed by atoms with Crippen molar-refractivity contribution in [3.05, 3.63) is 54.1 Å². The molecule has 23 heteroatoms. The van der Waals surface area contributed by atoms with E-state index in [9.17, 15) is 48.3 Å². The summed E-state index contributed by atoms with van der Waals surface area (Å²) in [4.78, 5) is 124. The number of H-pyrrole nitrogens is 1. The molecule has 0 spiro atoms. The van der Waals surface area contributed by atoms with Gasteiger partial charge in [0.05, 0.1) is 25.1 Å². The normalized spacial score (nSPS) is 20.9. The van der Waals surface area contributed by atoms with Gasteiger partial charge in [0.2, 0.25) is 47.3 Å². The Morgan fingerprint density at radius 1 is 0.883 bits per heavy atom. The summed E-state index contributed by atoms with van der Waals surface area (Å²) in [5.74, 6) is -7.66. The van der Waals surface area contributed by atoms with E-state index < -0.39 is 96.5 Å². The number of benzene rings is 1. The van der Waals surface area contributed by atoms with E-state index in [4.69, 9.17) is 11.1 Å². The van der Waals surface area contributed by atoms with Crippen molar-refractivity contribution in [1.29, 1.82) is 5.41 Å². The highest BCUT2D eigenvalue weighted by atomic mass is 16.4. The van der Waals surface area contributed by atoms with Crippen molar-refractivity contribution in [3.63, 3.8) is 0 Å². The van der Waals surface area contributed by atoms with Gasteiger partial charge in [0, 0.05) is 45.5 Å². The van der Waals surface area contributed by atoms with Crippen LogP contribution >= 0.6 is 0 Å². The van der Waals surface area contributed by atoms with Crippen LogP contribution in [0.5, 0.6) is 0 Å². The van der Waals surface area contributed by atoms with Crippen molar-refractivity contribution in [2.45, 2.75) is 88.5 Å². The van der Waals surface area contributed by atoms with Gasteiger partial charge in [-0.05, 0) is 37.7 Å². The number of carbonyl (C=O) groups excluding carboxylic acids is 8.